The smallest absolute Gasteiger partial charge is 0.237 e. The van der Waals surface area contributed by atoms with Crippen LogP contribution in [-0.4, -0.2) is 65.7 Å². The van der Waals surface area contributed by atoms with Crippen LogP contribution in [0.4, 0.5) is 0 Å². The third kappa shape index (κ3) is 3.61. The van der Waals surface area contributed by atoms with Crippen LogP contribution < -0.4 is 0 Å². The molecule has 3 fully saturated rings. The van der Waals surface area contributed by atoms with Crippen LogP contribution in [0, 0.1) is 5.92 Å². The van der Waals surface area contributed by atoms with Gasteiger partial charge >= 0.3 is 0 Å². The lowest BCUT2D eigenvalue weighted by Crippen LogP contribution is -2.47. The van der Waals surface area contributed by atoms with E-state index in [1.807, 2.05) is 10.3 Å². The van der Waals surface area contributed by atoms with E-state index in [0.29, 0.717) is 19.6 Å². The summed E-state index contributed by atoms with van der Waals surface area (Å²) in [6, 6.07) is -0.0637. The average molecular weight is 371 g/mol. The molecule has 1 aromatic rings. The molecule has 0 spiro atoms. The lowest BCUT2D eigenvalue weighted by Gasteiger charge is -2.35. The standard InChI is InChI=1S/C15H21N3O4S2/c1-2-24(21,22)9-14(19)17-5-11-3-4-13(7-17)18(15(11)20)6-12-8-23-10-16-12/h8,10-11,13H,2-7,9H2,1H3/t11-,13+/m1/s1. The summed E-state index contributed by atoms with van der Waals surface area (Å²) in [5.41, 5.74) is 2.59. The van der Waals surface area contributed by atoms with E-state index in [4.69, 9.17) is 0 Å². The molecule has 0 unspecified atom stereocenters. The highest BCUT2D eigenvalue weighted by Crippen LogP contribution is 2.30. The van der Waals surface area contributed by atoms with Crippen molar-refractivity contribution in [3.8, 4) is 0 Å². The number of aromatic nitrogens is 1. The van der Waals surface area contributed by atoms with E-state index in [1.54, 1.807) is 10.4 Å². The van der Waals surface area contributed by atoms with Gasteiger partial charge in [0.05, 0.1) is 23.7 Å². The first-order chi connectivity index (χ1) is 11.4. The summed E-state index contributed by atoms with van der Waals surface area (Å²) < 4.78 is 23.5. The minimum absolute atomic E-state index is 0.0473. The van der Waals surface area contributed by atoms with Crippen molar-refractivity contribution in [2.75, 3.05) is 24.6 Å². The summed E-state index contributed by atoms with van der Waals surface area (Å²) >= 11 is 1.49. The number of nitrogens with zero attached hydrogens (tertiary/aromatic N) is 3. The van der Waals surface area contributed by atoms with Crippen molar-refractivity contribution >= 4 is 33.0 Å². The Hall–Kier alpha value is -1.48. The number of hydrogen-bond acceptors (Lipinski definition) is 6. The molecule has 3 saturated heterocycles. The van der Waals surface area contributed by atoms with Gasteiger partial charge in [0.25, 0.3) is 0 Å². The monoisotopic (exact) mass is 371 g/mol. The third-order valence-electron chi connectivity index (χ3n) is 4.75. The Kier molecular flexibility index (Phi) is 4.91. The van der Waals surface area contributed by atoms with Crippen LogP contribution in [0.2, 0.25) is 0 Å². The molecule has 24 heavy (non-hydrogen) atoms. The molecule has 3 aliphatic heterocycles. The summed E-state index contributed by atoms with van der Waals surface area (Å²) in [5.74, 6) is -1.10. The fraction of sp³-hybridized carbons (Fsp3) is 0.667. The Bertz CT molecular complexity index is 717. The molecular weight excluding hydrogens is 350 g/mol. The Labute approximate surface area is 145 Å². The van der Waals surface area contributed by atoms with Crippen LogP contribution in [0.3, 0.4) is 0 Å². The molecule has 9 heteroatoms. The van der Waals surface area contributed by atoms with Gasteiger partial charge in [-0.15, -0.1) is 11.3 Å². The Morgan fingerprint density at radius 1 is 1.38 bits per heavy atom. The maximum Gasteiger partial charge on any atom is 0.237 e. The molecule has 2 atom stereocenters. The van der Waals surface area contributed by atoms with Crippen LogP contribution in [0.5, 0.6) is 0 Å². The second-order valence-corrected chi connectivity index (χ2v) is 9.42. The molecule has 0 saturated carbocycles. The first kappa shape index (κ1) is 17.3. The highest BCUT2D eigenvalue weighted by atomic mass is 32.2. The van der Waals surface area contributed by atoms with E-state index in [2.05, 4.69) is 4.98 Å². The maximum absolute atomic E-state index is 12.7. The summed E-state index contributed by atoms with van der Waals surface area (Å²) in [6.45, 7) is 2.72. The van der Waals surface area contributed by atoms with Gasteiger partial charge in [0.2, 0.25) is 11.8 Å². The highest BCUT2D eigenvalue weighted by Gasteiger charge is 2.42. The maximum atomic E-state index is 12.7. The van der Waals surface area contributed by atoms with Gasteiger partial charge in [-0.1, -0.05) is 6.92 Å². The molecule has 4 heterocycles. The first-order valence-electron chi connectivity index (χ1n) is 8.05. The second kappa shape index (κ2) is 6.79. The average Bonchev–Trinajstić information content (AvgIpc) is 2.90. The number of sulfone groups is 1. The van der Waals surface area contributed by atoms with Crippen molar-refractivity contribution < 1.29 is 18.0 Å². The predicted molar refractivity (Wildman–Crippen MR) is 90.1 cm³/mol. The SMILES string of the molecule is CCS(=O)(=O)CC(=O)N1C[C@H]2CC[C@@H](C1)N(Cc1cscn1)C2=O. The first-order valence-corrected chi connectivity index (χ1v) is 10.8. The van der Waals surface area contributed by atoms with Gasteiger partial charge in [0.15, 0.2) is 9.84 Å². The molecule has 2 amide bonds. The lowest BCUT2D eigenvalue weighted by atomic mass is 9.94. The number of rotatable bonds is 5. The third-order valence-corrected chi connectivity index (χ3v) is 6.95. The number of carbonyl (C=O) groups is 2. The molecule has 4 rings (SSSR count). The number of thiazole rings is 1. The Morgan fingerprint density at radius 2 is 2.17 bits per heavy atom. The zero-order valence-corrected chi connectivity index (χ0v) is 15.2. The fourth-order valence-corrected chi connectivity index (χ4v) is 4.64. The number of amides is 2. The summed E-state index contributed by atoms with van der Waals surface area (Å²) in [6.07, 6.45) is 1.59. The molecule has 3 aliphatic rings. The van der Waals surface area contributed by atoms with Crippen LogP contribution in [0.15, 0.2) is 10.9 Å². The van der Waals surface area contributed by atoms with Crippen molar-refractivity contribution in [2.45, 2.75) is 32.4 Å². The molecule has 7 nitrogen and oxygen atoms in total. The molecule has 0 aliphatic carbocycles. The number of fused-ring (bicyclic) bond motifs is 4. The topological polar surface area (TPSA) is 87.7 Å². The molecule has 0 radical (unpaired) electrons. The zero-order chi connectivity index (χ0) is 17.3. The van der Waals surface area contributed by atoms with Crippen LogP contribution >= 0.6 is 11.3 Å². The van der Waals surface area contributed by atoms with Crippen molar-refractivity contribution in [3.05, 3.63) is 16.6 Å². The molecule has 2 bridgehead atoms. The molecule has 0 aromatic carbocycles. The van der Waals surface area contributed by atoms with Gasteiger partial charge in [0.1, 0.15) is 5.75 Å². The van der Waals surface area contributed by atoms with Gasteiger partial charge in [-0.3, -0.25) is 9.59 Å². The largest absolute Gasteiger partial charge is 0.339 e. The molecular formula is C15H21N3O4S2. The summed E-state index contributed by atoms with van der Waals surface area (Å²) in [4.78, 5) is 32.7. The van der Waals surface area contributed by atoms with E-state index in [-0.39, 0.29) is 23.6 Å². The fourth-order valence-electron chi connectivity index (χ4n) is 3.32. The van der Waals surface area contributed by atoms with Crippen LogP contribution in [0.25, 0.3) is 0 Å². The van der Waals surface area contributed by atoms with Crippen molar-refractivity contribution in [1.82, 2.24) is 14.8 Å². The van der Waals surface area contributed by atoms with Crippen molar-refractivity contribution in [2.24, 2.45) is 5.92 Å². The summed E-state index contributed by atoms with van der Waals surface area (Å²) in [7, 11) is -3.36. The van der Waals surface area contributed by atoms with Gasteiger partial charge in [-0.25, -0.2) is 13.4 Å². The van der Waals surface area contributed by atoms with E-state index < -0.39 is 21.5 Å². The van der Waals surface area contributed by atoms with Gasteiger partial charge in [0, 0.05) is 30.3 Å². The number of carbonyl (C=O) groups excluding carboxylic acids is 2. The Balaban J connectivity index is 1.75. The molecule has 132 valence electrons. The lowest BCUT2D eigenvalue weighted by molar-refractivity contribution is -0.140. The minimum atomic E-state index is -3.36. The zero-order valence-electron chi connectivity index (χ0n) is 13.6. The van der Waals surface area contributed by atoms with Gasteiger partial charge < -0.3 is 9.80 Å². The van der Waals surface area contributed by atoms with Crippen LogP contribution in [0.1, 0.15) is 25.5 Å². The van der Waals surface area contributed by atoms with E-state index in [9.17, 15) is 18.0 Å². The van der Waals surface area contributed by atoms with Gasteiger partial charge in [-0.2, -0.15) is 0 Å². The number of hydrogen-bond donors (Lipinski definition) is 0. The quantitative estimate of drug-likeness (QED) is 0.753. The minimum Gasteiger partial charge on any atom is -0.339 e. The number of piperidine rings is 1. The van der Waals surface area contributed by atoms with E-state index in [1.165, 1.54) is 18.3 Å². The molecule has 0 N–H and O–H groups in total. The normalized spacial score (nSPS) is 24.3. The van der Waals surface area contributed by atoms with E-state index in [0.717, 1.165) is 18.5 Å². The van der Waals surface area contributed by atoms with Gasteiger partial charge in [-0.05, 0) is 12.8 Å². The predicted octanol–water partition coefficient (Wildman–Crippen LogP) is 0.527. The van der Waals surface area contributed by atoms with Crippen molar-refractivity contribution in [3.63, 3.8) is 0 Å². The van der Waals surface area contributed by atoms with Crippen molar-refractivity contribution in [1.29, 1.82) is 0 Å². The summed E-state index contributed by atoms with van der Waals surface area (Å²) in [5, 5.41) is 1.92. The highest BCUT2D eigenvalue weighted by molar-refractivity contribution is 7.92. The van der Waals surface area contributed by atoms with Crippen LogP contribution in [-0.2, 0) is 26.0 Å². The second-order valence-electron chi connectivity index (χ2n) is 6.35. The van der Waals surface area contributed by atoms with E-state index >= 15 is 0 Å². The molecule has 1 aromatic heterocycles. The Morgan fingerprint density at radius 3 is 2.83 bits per heavy atom.